The van der Waals surface area contributed by atoms with Gasteiger partial charge >= 0.3 is 0 Å². The zero-order valence-corrected chi connectivity index (χ0v) is 24.8. The minimum atomic E-state index is -0.223. The van der Waals surface area contributed by atoms with Crippen LogP contribution < -0.4 is 15.5 Å². The molecule has 1 amide bonds. The fraction of sp³-hybridized carbons (Fsp3) is 0.581. The van der Waals surface area contributed by atoms with Crippen LogP contribution in [-0.4, -0.2) is 91.6 Å². The number of primary amides is 1. The summed E-state index contributed by atoms with van der Waals surface area (Å²) in [5.41, 5.74) is 7.94. The topological polar surface area (TPSA) is 81.8 Å². The van der Waals surface area contributed by atoms with Gasteiger partial charge in [-0.05, 0) is 70.1 Å². The van der Waals surface area contributed by atoms with Crippen LogP contribution in [0.5, 0.6) is 0 Å². The van der Waals surface area contributed by atoms with Crippen molar-refractivity contribution >= 4 is 39.2 Å². The molecule has 2 unspecified atom stereocenters. The maximum atomic E-state index is 11.5. The number of aromatic nitrogens is 2. The molecular formula is C31H43N7OS. The third-order valence-electron chi connectivity index (χ3n) is 9.19. The molecule has 0 radical (unpaired) electrons. The van der Waals surface area contributed by atoms with Crippen molar-refractivity contribution in [2.45, 2.75) is 44.6 Å². The van der Waals surface area contributed by atoms with Gasteiger partial charge in [0.2, 0.25) is 11.9 Å². The molecule has 0 saturated carbocycles. The van der Waals surface area contributed by atoms with Crippen LogP contribution in [0.1, 0.15) is 38.5 Å². The lowest BCUT2D eigenvalue weighted by Gasteiger charge is -2.40. The highest BCUT2D eigenvalue weighted by atomic mass is 32.1. The number of anilines is 2. The lowest BCUT2D eigenvalue weighted by atomic mass is 9.94. The van der Waals surface area contributed by atoms with E-state index in [1.807, 2.05) is 0 Å². The fourth-order valence-corrected chi connectivity index (χ4v) is 7.83. The van der Waals surface area contributed by atoms with Crippen molar-refractivity contribution in [1.29, 1.82) is 0 Å². The summed E-state index contributed by atoms with van der Waals surface area (Å²) in [5.74, 6) is 2.65. The first-order chi connectivity index (χ1) is 19.4. The summed E-state index contributed by atoms with van der Waals surface area (Å²) >= 11 is 1.71. The van der Waals surface area contributed by atoms with Crippen LogP contribution in [0.4, 0.5) is 11.8 Å². The molecule has 1 aromatic carbocycles. The van der Waals surface area contributed by atoms with Gasteiger partial charge in [0.15, 0.2) is 0 Å². The number of nitrogens with zero attached hydrogens (tertiary/aromatic N) is 6. The molecule has 2 atom stereocenters. The first-order valence-corrected chi connectivity index (χ1v) is 15.8. The smallest absolute Gasteiger partial charge is 0.228 e. The predicted molar refractivity (Wildman–Crippen MR) is 165 cm³/mol. The first kappa shape index (κ1) is 27.4. The number of hydrogen-bond donors (Lipinski definition) is 1. The van der Waals surface area contributed by atoms with Gasteiger partial charge < -0.3 is 25.3 Å². The van der Waals surface area contributed by atoms with Crippen LogP contribution in [0.25, 0.3) is 21.3 Å². The van der Waals surface area contributed by atoms with Crippen LogP contribution in [0, 0.1) is 11.8 Å². The summed E-state index contributed by atoms with van der Waals surface area (Å²) in [6, 6.07) is 11.3. The Morgan fingerprint density at radius 1 is 0.975 bits per heavy atom. The predicted octanol–water partition coefficient (Wildman–Crippen LogP) is 4.30. The molecule has 3 aliphatic heterocycles. The molecule has 214 valence electrons. The molecule has 3 fully saturated rings. The highest BCUT2D eigenvalue weighted by molar-refractivity contribution is 7.17. The van der Waals surface area contributed by atoms with E-state index in [1.165, 1.54) is 61.8 Å². The number of piperidine rings is 2. The number of carbonyl (C=O) groups is 1. The van der Waals surface area contributed by atoms with E-state index < -0.39 is 0 Å². The number of fused-ring (bicyclic) bond motifs is 1. The molecule has 2 aromatic heterocycles. The van der Waals surface area contributed by atoms with E-state index in [2.05, 4.69) is 69.4 Å². The number of likely N-dealkylation sites (N-methyl/N-ethyl adjacent to an activating group) is 1. The van der Waals surface area contributed by atoms with Crippen molar-refractivity contribution < 1.29 is 4.79 Å². The van der Waals surface area contributed by atoms with E-state index in [9.17, 15) is 4.79 Å². The van der Waals surface area contributed by atoms with Crippen molar-refractivity contribution in [3.8, 4) is 11.1 Å². The Bertz CT molecular complexity index is 1300. The number of thiophene rings is 1. The van der Waals surface area contributed by atoms with E-state index in [-0.39, 0.29) is 11.8 Å². The lowest BCUT2D eigenvalue weighted by Crippen LogP contribution is -2.47. The average molecular weight is 562 g/mol. The van der Waals surface area contributed by atoms with Crippen LogP contribution in [0.2, 0.25) is 0 Å². The SMILES string of the molecule is CN(C)C1CCCN(CC2CCN(c3nc(N4CCC(CC(N)=O)C4)nc4scc(-c5ccccc5)c34)CC2)C1. The number of carbonyl (C=O) groups excluding carboxylic acids is 1. The number of hydrogen-bond acceptors (Lipinski definition) is 8. The third kappa shape index (κ3) is 5.97. The third-order valence-corrected chi connectivity index (χ3v) is 10.1. The molecule has 40 heavy (non-hydrogen) atoms. The number of amides is 1. The summed E-state index contributed by atoms with van der Waals surface area (Å²) in [7, 11) is 4.44. The Kier molecular flexibility index (Phi) is 8.23. The van der Waals surface area contributed by atoms with Crippen molar-refractivity contribution in [2.75, 3.05) is 69.7 Å². The minimum absolute atomic E-state index is 0.223. The summed E-state index contributed by atoms with van der Waals surface area (Å²) < 4.78 is 0. The van der Waals surface area contributed by atoms with Gasteiger partial charge in [0.25, 0.3) is 0 Å². The number of likely N-dealkylation sites (tertiary alicyclic amines) is 1. The zero-order chi connectivity index (χ0) is 27.6. The van der Waals surface area contributed by atoms with E-state index in [4.69, 9.17) is 15.7 Å². The molecule has 8 nitrogen and oxygen atoms in total. The highest BCUT2D eigenvalue weighted by Crippen LogP contribution is 2.41. The largest absolute Gasteiger partial charge is 0.370 e. The first-order valence-electron chi connectivity index (χ1n) is 15.0. The molecule has 0 spiro atoms. The Morgan fingerprint density at radius 2 is 1.73 bits per heavy atom. The zero-order valence-electron chi connectivity index (χ0n) is 24.0. The van der Waals surface area contributed by atoms with Crippen molar-refractivity contribution in [2.24, 2.45) is 17.6 Å². The number of nitrogens with two attached hydrogens (primary N) is 1. The van der Waals surface area contributed by atoms with Gasteiger partial charge in [-0.3, -0.25) is 4.79 Å². The van der Waals surface area contributed by atoms with Gasteiger partial charge in [0, 0.05) is 62.7 Å². The fourth-order valence-electron chi connectivity index (χ4n) is 6.89. The quantitative estimate of drug-likeness (QED) is 0.439. The van der Waals surface area contributed by atoms with Gasteiger partial charge in [0.05, 0.1) is 5.39 Å². The second kappa shape index (κ2) is 12.0. The average Bonchev–Trinajstić information content (AvgIpc) is 3.61. The molecule has 9 heteroatoms. The maximum absolute atomic E-state index is 11.5. The van der Waals surface area contributed by atoms with Crippen molar-refractivity contribution in [3.63, 3.8) is 0 Å². The second-order valence-electron chi connectivity index (χ2n) is 12.3. The summed E-state index contributed by atoms with van der Waals surface area (Å²) in [5, 5.41) is 3.42. The molecule has 0 aliphatic carbocycles. The van der Waals surface area contributed by atoms with Gasteiger partial charge in [-0.1, -0.05) is 30.3 Å². The lowest BCUT2D eigenvalue weighted by molar-refractivity contribution is -0.118. The van der Waals surface area contributed by atoms with E-state index in [1.54, 1.807) is 11.3 Å². The van der Waals surface area contributed by atoms with Gasteiger partial charge in [0.1, 0.15) is 10.6 Å². The van der Waals surface area contributed by atoms with Gasteiger partial charge in [-0.25, -0.2) is 4.98 Å². The van der Waals surface area contributed by atoms with Gasteiger partial charge in [-0.15, -0.1) is 11.3 Å². The van der Waals surface area contributed by atoms with E-state index >= 15 is 0 Å². The van der Waals surface area contributed by atoms with Crippen molar-refractivity contribution in [3.05, 3.63) is 35.7 Å². The molecule has 2 N–H and O–H groups in total. The number of benzene rings is 1. The van der Waals surface area contributed by atoms with Crippen LogP contribution in [0.3, 0.4) is 0 Å². The van der Waals surface area contributed by atoms with Crippen molar-refractivity contribution in [1.82, 2.24) is 19.8 Å². The molecule has 0 bridgehead atoms. The summed E-state index contributed by atoms with van der Waals surface area (Å²) in [6.45, 7) is 7.35. The summed E-state index contributed by atoms with van der Waals surface area (Å²) in [6.07, 6.45) is 6.40. The van der Waals surface area contributed by atoms with Gasteiger partial charge in [-0.2, -0.15) is 4.98 Å². The maximum Gasteiger partial charge on any atom is 0.228 e. The minimum Gasteiger partial charge on any atom is -0.370 e. The Morgan fingerprint density at radius 3 is 2.48 bits per heavy atom. The van der Waals surface area contributed by atoms with Crippen LogP contribution in [-0.2, 0) is 4.79 Å². The second-order valence-corrected chi connectivity index (χ2v) is 13.1. The molecule has 3 saturated heterocycles. The van der Waals surface area contributed by atoms with Crippen LogP contribution >= 0.6 is 11.3 Å². The molecule has 3 aliphatic rings. The molecule has 3 aromatic rings. The van der Waals surface area contributed by atoms with E-state index in [0.717, 1.165) is 55.1 Å². The normalized spacial score (nSPS) is 23.0. The Labute approximate surface area is 242 Å². The number of rotatable bonds is 8. The monoisotopic (exact) mass is 561 g/mol. The van der Waals surface area contributed by atoms with Crippen LogP contribution in [0.15, 0.2) is 35.7 Å². The summed E-state index contributed by atoms with van der Waals surface area (Å²) in [4.78, 5) is 32.8. The molecular weight excluding hydrogens is 518 g/mol. The Hall–Kier alpha value is -2.75. The molecule has 6 rings (SSSR count). The highest BCUT2D eigenvalue weighted by Gasteiger charge is 2.30. The standard InChI is InChI=1S/C31H43N7OS/c1-35(2)25-9-6-13-36(20-25)18-22-10-14-37(15-11-22)29-28-26(24-7-4-3-5-8-24)21-40-30(28)34-31(33-29)38-16-12-23(19-38)17-27(32)39/h3-5,7-8,21-23,25H,6,9-20H2,1-2H3,(H2,32,39). The molecule has 5 heterocycles. The Balaban J connectivity index is 1.24. The van der Waals surface area contributed by atoms with E-state index in [0.29, 0.717) is 12.5 Å².